The van der Waals surface area contributed by atoms with Gasteiger partial charge in [0.25, 0.3) is 5.91 Å². The van der Waals surface area contributed by atoms with Gasteiger partial charge < -0.3 is 14.6 Å². The molecule has 4 aromatic rings. The second kappa shape index (κ2) is 8.30. The number of amides is 1. The number of aromatic nitrogens is 3. The van der Waals surface area contributed by atoms with Crippen LogP contribution in [-0.2, 0) is 0 Å². The van der Waals surface area contributed by atoms with Gasteiger partial charge in [0.15, 0.2) is 0 Å². The summed E-state index contributed by atoms with van der Waals surface area (Å²) >= 11 is 6.12. The van der Waals surface area contributed by atoms with Crippen molar-refractivity contribution >= 4 is 23.2 Å². The number of hydrogen-bond acceptors (Lipinski definition) is 6. The molecule has 0 atom stereocenters. The minimum atomic E-state index is -0.602. The molecule has 0 fully saturated rings. The van der Waals surface area contributed by atoms with E-state index in [2.05, 4.69) is 20.4 Å². The highest BCUT2D eigenvalue weighted by Crippen LogP contribution is 2.33. The minimum absolute atomic E-state index is 0.00720. The van der Waals surface area contributed by atoms with Crippen LogP contribution < -0.4 is 10.1 Å². The first-order valence-electron chi connectivity index (χ1n) is 8.80. The zero-order chi connectivity index (χ0) is 21.1. The van der Waals surface area contributed by atoms with Gasteiger partial charge in [-0.1, -0.05) is 22.8 Å². The van der Waals surface area contributed by atoms with Crippen LogP contribution in [0.3, 0.4) is 0 Å². The first-order valence-corrected chi connectivity index (χ1v) is 9.17. The fourth-order valence-electron chi connectivity index (χ4n) is 2.78. The van der Waals surface area contributed by atoms with E-state index in [1.807, 2.05) is 0 Å². The lowest BCUT2D eigenvalue weighted by atomic mass is 10.0. The monoisotopic (exact) mass is 424 g/mol. The number of nitrogens with zero attached hydrogens (tertiary/aromatic N) is 3. The standard InChI is InChI=1S/C21H14ClFN4O3/c1-12-17(19(27-30-12)18-15(22)4-2-5-16(18)23)20(28)26-13-6-8-14(9-7-13)29-21-24-10-3-11-25-21/h2-11H,1H3,(H,26,28). The second-order valence-electron chi connectivity index (χ2n) is 6.17. The number of aryl methyl sites for hydroxylation is 1. The molecule has 1 N–H and O–H groups in total. The molecule has 0 saturated heterocycles. The van der Waals surface area contributed by atoms with Crippen LogP contribution in [0, 0.1) is 12.7 Å². The zero-order valence-electron chi connectivity index (χ0n) is 15.6. The van der Waals surface area contributed by atoms with Crippen molar-refractivity contribution in [3.63, 3.8) is 0 Å². The number of carbonyl (C=O) groups excluding carboxylic acids is 1. The van der Waals surface area contributed by atoms with Crippen molar-refractivity contribution < 1.29 is 18.4 Å². The third-order valence-electron chi connectivity index (χ3n) is 4.15. The lowest BCUT2D eigenvalue weighted by Gasteiger charge is -2.08. The van der Waals surface area contributed by atoms with Gasteiger partial charge in [0.1, 0.15) is 28.6 Å². The van der Waals surface area contributed by atoms with E-state index in [1.165, 1.54) is 18.2 Å². The van der Waals surface area contributed by atoms with Crippen LogP contribution in [0.5, 0.6) is 11.8 Å². The molecule has 0 aliphatic rings. The summed E-state index contributed by atoms with van der Waals surface area (Å²) in [5, 5.41) is 6.70. The first-order chi connectivity index (χ1) is 14.5. The molecular weight excluding hydrogens is 411 g/mol. The van der Waals surface area contributed by atoms with Crippen LogP contribution in [-0.4, -0.2) is 21.0 Å². The smallest absolute Gasteiger partial charge is 0.321 e. The molecule has 0 bridgehead atoms. The summed E-state index contributed by atoms with van der Waals surface area (Å²) in [6.45, 7) is 1.57. The molecule has 1 amide bonds. The summed E-state index contributed by atoms with van der Waals surface area (Å²) in [6, 6.07) is 12.7. The topological polar surface area (TPSA) is 90.1 Å². The number of halogens is 2. The normalized spacial score (nSPS) is 10.6. The van der Waals surface area contributed by atoms with Crippen LogP contribution >= 0.6 is 11.6 Å². The molecule has 150 valence electrons. The number of anilines is 1. The predicted octanol–water partition coefficient (Wildman–Crippen LogP) is 5.28. The maximum atomic E-state index is 14.3. The molecule has 2 aromatic heterocycles. The van der Waals surface area contributed by atoms with E-state index < -0.39 is 11.7 Å². The molecule has 7 nitrogen and oxygen atoms in total. The Morgan fingerprint density at radius 3 is 2.53 bits per heavy atom. The van der Waals surface area contributed by atoms with Crippen molar-refractivity contribution in [3.05, 3.63) is 83.1 Å². The van der Waals surface area contributed by atoms with Crippen LogP contribution in [0.1, 0.15) is 16.1 Å². The zero-order valence-corrected chi connectivity index (χ0v) is 16.4. The molecule has 2 heterocycles. The van der Waals surface area contributed by atoms with Crippen LogP contribution in [0.2, 0.25) is 5.02 Å². The first kappa shape index (κ1) is 19.5. The van der Waals surface area contributed by atoms with E-state index in [4.69, 9.17) is 20.9 Å². The Hall–Kier alpha value is -3.78. The van der Waals surface area contributed by atoms with E-state index in [0.717, 1.165) is 0 Å². The maximum absolute atomic E-state index is 14.3. The summed E-state index contributed by atoms with van der Waals surface area (Å²) < 4.78 is 25.0. The molecule has 9 heteroatoms. The van der Waals surface area contributed by atoms with Gasteiger partial charge in [0.05, 0.1) is 10.6 Å². The molecule has 0 spiro atoms. The average molecular weight is 425 g/mol. The Kier molecular flexibility index (Phi) is 5.40. The van der Waals surface area contributed by atoms with Gasteiger partial charge in [-0.15, -0.1) is 0 Å². The molecule has 30 heavy (non-hydrogen) atoms. The van der Waals surface area contributed by atoms with Crippen molar-refractivity contribution in [2.45, 2.75) is 6.92 Å². The Morgan fingerprint density at radius 1 is 1.10 bits per heavy atom. The second-order valence-corrected chi connectivity index (χ2v) is 6.58. The molecule has 0 radical (unpaired) electrons. The third-order valence-corrected chi connectivity index (χ3v) is 4.47. The SMILES string of the molecule is Cc1onc(-c2c(F)cccc2Cl)c1C(=O)Nc1ccc(Oc2ncccn2)cc1. The van der Waals surface area contributed by atoms with E-state index >= 15 is 0 Å². The number of rotatable bonds is 5. The Labute approximate surface area is 175 Å². The molecule has 2 aromatic carbocycles. The van der Waals surface area contributed by atoms with Crippen molar-refractivity contribution in [2.75, 3.05) is 5.32 Å². The predicted molar refractivity (Wildman–Crippen MR) is 108 cm³/mol. The summed E-state index contributed by atoms with van der Waals surface area (Å²) in [5.74, 6) is -0.375. The number of hydrogen-bond donors (Lipinski definition) is 1. The van der Waals surface area contributed by atoms with Gasteiger partial charge >= 0.3 is 6.01 Å². The minimum Gasteiger partial charge on any atom is -0.424 e. The summed E-state index contributed by atoms with van der Waals surface area (Å²) in [6.07, 6.45) is 3.13. The van der Waals surface area contributed by atoms with Gasteiger partial charge in [-0.25, -0.2) is 14.4 Å². The van der Waals surface area contributed by atoms with Crippen molar-refractivity contribution in [1.29, 1.82) is 0 Å². The van der Waals surface area contributed by atoms with Gasteiger partial charge in [-0.2, -0.15) is 0 Å². The average Bonchev–Trinajstić information content (AvgIpc) is 3.11. The van der Waals surface area contributed by atoms with E-state index in [1.54, 1.807) is 49.6 Å². The van der Waals surface area contributed by atoms with Gasteiger partial charge in [0.2, 0.25) is 0 Å². The van der Waals surface area contributed by atoms with Crippen molar-refractivity contribution in [3.8, 4) is 23.0 Å². The summed E-state index contributed by atoms with van der Waals surface area (Å²) in [7, 11) is 0. The summed E-state index contributed by atoms with van der Waals surface area (Å²) in [5.41, 5.74) is 0.634. The molecule has 4 rings (SSSR count). The Balaban J connectivity index is 1.56. The Bertz CT molecular complexity index is 1180. The van der Waals surface area contributed by atoms with Gasteiger partial charge in [-0.3, -0.25) is 4.79 Å². The molecule has 0 aliphatic carbocycles. The number of nitrogens with one attached hydrogen (secondary N) is 1. The van der Waals surface area contributed by atoms with Crippen molar-refractivity contribution in [2.24, 2.45) is 0 Å². The van der Waals surface area contributed by atoms with Gasteiger partial charge in [0, 0.05) is 18.1 Å². The van der Waals surface area contributed by atoms with E-state index in [0.29, 0.717) is 11.4 Å². The molecule has 0 unspecified atom stereocenters. The van der Waals surface area contributed by atoms with Crippen molar-refractivity contribution in [1.82, 2.24) is 15.1 Å². The quantitative estimate of drug-likeness (QED) is 0.469. The highest BCUT2D eigenvalue weighted by atomic mass is 35.5. The van der Waals surface area contributed by atoms with Gasteiger partial charge in [-0.05, 0) is 49.4 Å². The lowest BCUT2D eigenvalue weighted by molar-refractivity contribution is 0.102. The lowest BCUT2D eigenvalue weighted by Crippen LogP contribution is -2.13. The Morgan fingerprint density at radius 2 is 1.83 bits per heavy atom. The largest absolute Gasteiger partial charge is 0.424 e. The fourth-order valence-corrected chi connectivity index (χ4v) is 3.03. The number of benzene rings is 2. The molecular formula is C21H14ClFN4O3. The van der Waals surface area contributed by atoms with Crippen LogP contribution in [0.15, 0.2) is 65.4 Å². The number of ether oxygens (including phenoxy) is 1. The number of carbonyl (C=O) groups is 1. The molecule has 0 aliphatic heterocycles. The highest BCUT2D eigenvalue weighted by Gasteiger charge is 2.25. The highest BCUT2D eigenvalue weighted by molar-refractivity contribution is 6.33. The van der Waals surface area contributed by atoms with Crippen LogP contribution in [0.25, 0.3) is 11.3 Å². The summed E-state index contributed by atoms with van der Waals surface area (Å²) in [4.78, 5) is 20.8. The maximum Gasteiger partial charge on any atom is 0.321 e. The van der Waals surface area contributed by atoms with E-state index in [9.17, 15) is 9.18 Å². The fraction of sp³-hybridized carbons (Fsp3) is 0.0476. The van der Waals surface area contributed by atoms with Crippen LogP contribution in [0.4, 0.5) is 10.1 Å². The van der Waals surface area contributed by atoms with E-state index in [-0.39, 0.29) is 33.6 Å². The molecule has 0 saturated carbocycles. The third kappa shape index (κ3) is 3.99.